The summed E-state index contributed by atoms with van der Waals surface area (Å²) in [5.74, 6) is -0.685. The van der Waals surface area contributed by atoms with Crippen molar-refractivity contribution in [2.24, 2.45) is 0 Å². The molecule has 0 radical (unpaired) electrons. The van der Waals surface area contributed by atoms with Crippen LogP contribution in [0.1, 0.15) is 39.7 Å². The summed E-state index contributed by atoms with van der Waals surface area (Å²) in [5.41, 5.74) is 0.647. The number of carbonyl (C=O) groups is 2. The Labute approximate surface area is 268 Å². The lowest BCUT2D eigenvalue weighted by atomic mass is 10.1. The van der Waals surface area contributed by atoms with Crippen LogP contribution in [-0.2, 0) is 26.2 Å². The molecule has 0 aliphatic carbocycles. The number of anilines is 1. The number of nitrogens with zero attached hydrogens (tertiary/aromatic N) is 2. The van der Waals surface area contributed by atoms with E-state index in [1.165, 1.54) is 28.8 Å². The Balaban J connectivity index is 2.16. The molecule has 0 aliphatic heterocycles. The second-order valence-electron chi connectivity index (χ2n) is 9.90. The minimum Gasteiger partial charge on any atom is -0.492 e. The molecule has 8 nitrogen and oxygen atoms in total. The van der Waals surface area contributed by atoms with Crippen molar-refractivity contribution in [1.29, 1.82) is 0 Å². The van der Waals surface area contributed by atoms with Crippen molar-refractivity contribution in [3.05, 3.63) is 82.3 Å². The number of amides is 2. The maximum Gasteiger partial charge on any atom is 0.264 e. The number of hydrogen-bond donors (Lipinski definition) is 1. The van der Waals surface area contributed by atoms with Gasteiger partial charge in [0.05, 0.1) is 17.2 Å². The highest BCUT2D eigenvalue weighted by molar-refractivity contribution is 7.98. The van der Waals surface area contributed by atoms with Gasteiger partial charge >= 0.3 is 0 Å². The normalized spacial score (nSPS) is 12.1. The van der Waals surface area contributed by atoms with Gasteiger partial charge in [-0.3, -0.25) is 13.9 Å². The van der Waals surface area contributed by atoms with Crippen LogP contribution in [0.25, 0.3) is 0 Å². The van der Waals surface area contributed by atoms with Crippen molar-refractivity contribution in [2.45, 2.75) is 62.5 Å². The highest BCUT2D eigenvalue weighted by atomic mass is 35.5. The third-order valence-electron chi connectivity index (χ3n) is 6.57. The maximum absolute atomic E-state index is 14.3. The largest absolute Gasteiger partial charge is 0.492 e. The smallest absolute Gasteiger partial charge is 0.264 e. The van der Waals surface area contributed by atoms with E-state index in [0.29, 0.717) is 21.4 Å². The molecule has 0 heterocycles. The van der Waals surface area contributed by atoms with Gasteiger partial charge in [-0.05, 0) is 82.0 Å². The summed E-state index contributed by atoms with van der Waals surface area (Å²) < 4.78 is 35.2. The maximum atomic E-state index is 14.3. The Morgan fingerprint density at radius 1 is 0.953 bits per heavy atom. The zero-order valence-corrected chi connectivity index (χ0v) is 28.0. The quantitative estimate of drug-likeness (QED) is 0.194. The first-order valence-corrected chi connectivity index (χ1v) is 17.3. The molecule has 0 saturated heterocycles. The van der Waals surface area contributed by atoms with Crippen molar-refractivity contribution in [2.75, 3.05) is 23.7 Å². The Morgan fingerprint density at radius 2 is 1.58 bits per heavy atom. The SMILES string of the molecule is CCOc1ccccc1N(CC(=O)N(Cc1c(Cl)cccc1Cl)[C@@H](CC)C(=O)NC(C)C)S(=O)(=O)c1ccc(SC)cc1. The Kier molecular flexibility index (Phi) is 12.6. The van der Waals surface area contributed by atoms with Gasteiger partial charge in [-0.1, -0.05) is 48.3 Å². The summed E-state index contributed by atoms with van der Waals surface area (Å²) in [6, 6.07) is 16.9. The molecule has 0 fully saturated rings. The number of thioether (sulfide) groups is 1. The summed E-state index contributed by atoms with van der Waals surface area (Å²) >= 11 is 14.4. The fourth-order valence-corrected chi connectivity index (χ4v) is 6.83. The number of sulfonamides is 1. The van der Waals surface area contributed by atoms with Crippen molar-refractivity contribution in [1.82, 2.24) is 10.2 Å². The molecule has 3 aromatic carbocycles. The van der Waals surface area contributed by atoms with E-state index >= 15 is 0 Å². The summed E-state index contributed by atoms with van der Waals surface area (Å²) in [5, 5.41) is 3.52. The summed E-state index contributed by atoms with van der Waals surface area (Å²) in [6.45, 7) is 6.79. The lowest BCUT2D eigenvalue weighted by molar-refractivity contribution is -0.140. The second-order valence-corrected chi connectivity index (χ2v) is 13.5. The van der Waals surface area contributed by atoms with E-state index in [0.717, 1.165) is 9.20 Å². The molecule has 232 valence electrons. The molecule has 2 amide bonds. The summed E-state index contributed by atoms with van der Waals surface area (Å²) in [7, 11) is -4.27. The molecular formula is C31H37Cl2N3O5S2. The van der Waals surface area contributed by atoms with Gasteiger partial charge in [-0.2, -0.15) is 0 Å². The van der Waals surface area contributed by atoms with Crippen LogP contribution in [0, 0.1) is 0 Å². The van der Waals surface area contributed by atoms with Crippen LogP contribution in [-0.4, -0.2) is 56.6 Å². The lowest BCUT2D eigenvalue weighted by Crippen LogP contribution is -2.53. The van der Waals surface area contributed by atoms with Gasteiger partial charge in [-0.15, -0.1) is 11.8 Å². The van der Waals surface area contributed by atoms with Crippen LogP contribution in [0.5, 0.6) is 5.75 Å². The van der Waals surface area contributed by atoms with Crippen LogP contribution >= 0.6 is 35.0 Å². The number of ether oxygens (including phenoxy) is 1. The van der Waals surface area contributed by atoms with Crippen LogP contribution in [0.2, 0.25) is 10.0 Å². The first-order chi connectivity index (χ1) is 20.4. The lowest BCUT2D eigenvalue weighted by Gasteiger charge is -2.34. The third kappa shape index (κ3) is 8.59. The van der Waals surface area contributed by atoms with E-state index in [1.54, 1.807) is 68.4 Å². The number of nitrogens with one attached hydrogen (secondary N) is 1. The standard InChI is InChI=1S/C31H37Cl2N3O5S2/c1-6-27(31(38)34-21(3)4)35(19-24-25(32)11-10-12-26(24)33)30(37)20-36(28-13-8-9-14-29(28)41-7-2)43(39,40)23-17-15-22(42-5)16-18-23/h8-18,21,27H,6-7,19-20H2,1-5H3,(H,34,38)/t27-/m0/s1. The molecule has 0 aliphatic rings. The number of rotatable bonds is 14. The van der Waals surface area contributed by atoms with Gasteiger partial charge in [0.2, 0.25) is 11.8 Å². The molecule has 0 saturated carbocycles. The molecule has 1 N–H and O–H groups in total. The number of hydrogen-bond acceptors (Lipinski definition) is 6. The average Bonchev–Trinajstić information content (AvgIpc) is 2.97. The summed E-state index contributed by atoms with van der Waals surface area (Å²) in [6.07, 6.45) is 2.16. The van der Waals surface area contributed by atoms with E-state index in [9.17, 15) is 18.0 Å². The van der Waals surface area contributed by atoms with E-state index in [4.69, 9.17) is 27.9 Å². The van der Waals surface area contributed by atoms with Crippen LogP contribution in [0.15, 0.2) is 76.5 Å². The highest BCUT2D eigenvalue weighted by Crippen LogP contribution is 2.34. The fourth-order valence-electron chi connectivity index (χ4n) is 4.48. The molecule has 3 aromatic rings. The molecule has 0 spiro atoms. The Hall–Kier alpha value is -2.92. The second kappa shape index (κ2) is 15.7. The molecule has 43 heavy (non-hydrogen) atoms. The Bertz CT molecular complexity index is 1500. The van der Waals surface area contributed by atoms with Gasteiger partial charge in [0, 0.05) is 33.1 Å². The van der Waals surface area contributed by atoms with Crippen LogP contribution in [0.3, 0.4) is 0 Å². The number of carbonyl (C=O) groups excluding carboxylic acids is 2. The number of halogens is 2. The van der Waals surface area contributed by atoms with E-state index in [-0.39, 0.29) is 42.1 Å². The predicted octanol–water partition coefficient (Wildman–Crippen LogP) is 6.64. The topological polar surface area (TPSA) is 96.0 Å². The average molecular weight is 667 g/mol. The molecule has 0 aromatic heterocycles. The van der Waals surface area contributed by atoms with Crippen LogP contribution in [0.4, 0.5) is 5.69 Å². The molecule has 1 atom stereocenters. The number of para-hydroxylation sites is 2. The summed E-state index contributed by atoms with van der Waals surface area (Å²) in [4.78, 5) is 29.9. The van der Waals surface area contributed by atoms with Crippen molar-refractivity contribution >= 4 is 62.5 Å². The minimum absolute atomic E-state index is 0.00897. The van der Waals surface area contributed by atoms with Crippen molar-refractivity contribution in [3.63, 3.8) is 0 Å². The van der Waals surface area contributed by atoms with E-state index in [2.05, 4.69) is 5.32 Å². The van der Waals surface area contributed by atoms with E-state index < -0.39 is 28.5 Å². The molecule has 0 bridgehead atoms. The first kappa shape index (κ1) is 34.6. The Morgan fingerprint density at radius 3 is 2.14 bits per heavy atom. The minimum atomic E-state index is -4.27. The number of benzene rings is 3. The molecular weight excluding hydrogens is 629 g/mol. The van der Waals surface area contributed by atoms with Crippen LogP contribution < -0.4 is 14.4 Å². The zero-order chi connectivity index (χ0) is 31.7. The van der Waals surface area contributed by atoms with Gasteiger partial charge in [0.25, 0.3) is 10.0 Å². The van der Waals surface area contributed by atoms with Gasteiger partial charge in [0.15, 0.2) is 0 Å². The predicted molar refractivity (Wildman–Crippen MR) is 175 cm³/mol. The van der Waals surface area contributed by atoms with Gasteiger partial charge in [-0.25, -0.2) is 8.42 Å². The van der Waals surface area contributed by atoms with Gasteiger partial charge in [0.1, 0.15) is 18.3 Å². The fraction of sp³-hybridized carbons (Fsp3) is 0.355. The monoisotopic (exact) mass is 665 g/mol. The molecule has 3 rings (SSSR count). The molecule has 12 heteroatoms. The zero-order valence-electron chi connectivity index (χ0n) is 24.8. The molecule has 0 unspecified atom stereocenters. The first-order valence-electron chi connectivity index (χ1n) is 13.9. The van der Waals surface area contributed by atoms with Gasteiger partial charge < -0.3 is 15.0 Å². The highest BCUT2D eigenvalue weighted by Gasteiger charge is 2.35. The van der Waals surface area contributed by atoms with E-state index in [1.807, 2.05) is 20.1 Å². The third-order valence-corrected chi connectivity index (χ3v) is 9.79. The van der Waals surface area contributed by atoms with Crippen molar-refractivity contribution in [3.8, 4) is 5.75 Å². The van der Waals surface area contributed by atoms with Crippen molar-refractivity contribution < 1.29 is 22.7 Å².